The van der Waals surface area contributed by atoms with Gasteiger partial charge in [-0.2, -0.15) is 0 Å². The van der Waals surface area contributed by atoms with E-state index in [1.807, 2.05) is 96.1 Å². The Kier molecular flexibility index (Phi) is 22.0. The average molecular weight is 1100 g/mol. The lowest BCUT2D eigenvalue weighted by atomic mass is 9.77. The highest BCUT2D eigenvalue weighted by Gasteiger charge is 2.52. The number of nitrogens with zero attached hydrogens (tertiary/aromatic N) is 9. The molecular formula is C56H94FN9O12. The molecule has 6 rings (SSSR count). The number of cyclic esters (lactones) is 1. The second-order valence-electron chi connectivity index (χ2n) is 23.9. The molecule has 0 spiro atoms. The van der Waals surface area contributed by atoms with Crippen LogP contribution in [0.3, 0.4) is 0 Å². The van der Waals surface area contributed by atoms with Crippen LogP contribution in [0.5, 0.6) is 0 Å². The molecule has 4 N–H and O–H groups in total. The maximum atomic E-state index is 15.0. The van der Waals surface area contributed by atoms with Crippen molar-refractivity contribution in [1.29, 1.82) is 0 Å². The van der Waals surface area contributed by atoms with Gasteiger partial charge in [-0.25, -0.2) is 13.8 Å². The van der Waals surface area contributed by atoms with Crippen LogP contribution in [0.25, 0.3) is 5.69 Å². The first kappa shape index (κ1) is 63.6. The minimum Gasteiger partial charge on any atom is -0.459 e. The van der Waals surface area contributed by atoms with E-state index < -0.39 is 109 Å². The van der Waals surface area contributed by atoms with E-state index in [0.717, 1.165) is 16.9 Å². The van der Waals surface area contributed by atoms with Crippen molar-refractivity contribution in [3.8, 4) is 5.69 Å². The number of carbonyl (C=O) groups excluding carboxylic acids is 1. The van der Waals surface area contributed by atoms with Crippen LogP contribution in [0.2, 0.25) is 0 Å². The third-order valence-electron chi connectivity index (χ3n) is 16.9. The Balaban J connectivity index is 1.22. The molecule has 0 saturated carbocycles. The zero-order valence-corrected chi connectivity index (χ0v) is 49.2. The Labute approximate surface area is 461 Å². The summed E-state index contributed by atoms with van der Waals surface area (Å²) >= 11 is 0. The molecule has 3 aliphatic rings. The first-order valence-corrected chi connectivity index (χ1v) is 27.9. The van der Waals surface area contributed by atoms with Crippen LogP contribution >= 0.6 is 0 Å². The van der Waals surface area contributed by atoms with Gasteiger partial charge in [0.1, 0.15) is 42.7 Å². The van der Waals surface area contributed by atoms with E-state index in [1.54, 1.807) is 52.6 Å². The number of aromatic nitrogens is 6. The second-order valence-corrected chi connectivity index (χ2v) is 23.9. The van der Waals surface area contributed by atoms with E-state index in [2.05, 4.69) is 25.5 Å². The maximum absolute atomic E-state index is 15.0. The number of aliphatic hydroxyl groups is 4. The Morgan fingerprint density at radius 2 is 1.56 bits per heavy atom. The number of benzene rings is 1. The summed E-state index contributed by atoms with van der Waals surface area (Å²) in [6.07, 6.45) is -2.80. The van der Waals surface area contributed by atoms with Crippen LogP contribution in [0.4, 0.5) is 4.39 Å². The van der Waals surface area contributed by atoms with Gasteiger partial charge in [0.2, 0.25) is 0 Å². The number of ether oxygens (including phenoxy) is 7. The molecule has 3 aliphatic heterocycles. The van der Waals surface area contributed by atoms with Crippen molar-refractivity contribution < 1.29 is 62.8 Å². The van der Waals surface area contributed by atoms with Crippen molar-refractivity contribution >= 4 is 5.97 Å². The summed E-state index contributed by atoms with van der Waals surface area (Å²) in [6, 6.07) is 6.23. The monoisotopic (exact) mass is 1100 g/mol. The molecule has 19 atom stereocenters. The SMILES string of the molecule is CC[C@H]1OC(=O)[C@H](C)[C@@H](O[C@H]2C[C@@](C)(OC)[C@@H](O)[C@H](C)O2)[C@H](C)[C@@H](O[C@H]2C[C@@H](N(C)CCc3cn([C@H](CF)[C@H](OC)c4ccc(-n5cc(CN(C)C)nn5)cc4)nn3)C[C@@H](C)O2)[C@](C)(O)C[C@@H](C)CN(C)[C@H](C)[C@@H](O)[C@]1(C)O. The van der Waals surface area contributed by atoms with Crippen LogP contribution in [-0.4, -0.2) is 217 Å². The van der Waals surface area contributed by atoms with E-state index >= 15 is 0 Å². The molecule has 21 nitrogen and oxygen atoms in total. The zero-order valence-electron chi connectivity index (χ0n) is 49.2. The van der Waals surface area contributed by atoms with Gasteiger partial charge in [0.05, 0.1) is 64.8 Å². The Bertz CT molecular complexity index is 2330. The van der Waals surface area contributed by atoms with Gasteiger partial charge in [0, 0.05) is 77.3 Å². The fourth-order valence-electron chi connectivity index (χ4n) is 12.1. The first-order chi connectivity index (χ1) is 36.7. The van der Waals surface area contributed by atoms with Crippen LogP contribution in [-0.2, 0) is 50.9 Å². The lowest BCUT2D eigenvalue weighted by molar-refractivity contribution is -0.308. The van der Waals surface area contributed by atoms with Gasteiger partial charge in [0.15, 0.2) is 12.6 Å². The number of rotatable bonds is 18. The predicted molar refractivity (Wildman–Crippen MR) is 289 cm³/mol. The molecule has 0 radical (unpaired) electrons. The molecule has 78 heavy (non-hydrogen) atoms. The number of aliphatic hydroxyl groups excluding tert-OH is 2. The molecule has 0 bridgehead atoms. The van der Waals surface area contributed by atoms with Crippen LogP contribution in [0.15, 0.2) is 36.7 Å². The second kappa shape index (κ2) is 27.0. The topological polar surface area (TPSA) is 234 Å². The number of hydrogen-bond acceptors (Lipinski definition) is 19. The number of esters is 1. The summed E-state index contributed by atoms with van der Waals surface area (Å²) < 4.78 is 62.9. The van der Waals surface area contributed by atoms with Gasteiger partial charge in [-0.3, -0.25) is 4.79 Å². The van der Waals surface area contributed by atoms with E-state index in [9.17, 15) is 29.6 Å². The van der Waals surface area contributed by atoms with Crippen molar-refractivity contribution in [1.82, 2.24) is 44.7 Å². The number of likely N-dealkylation sites (N-methyl/N-ethyl adjacent to an activating group) is 2. The predicted octanol–water partition coefficient (Wildman–Crippen LogP) is 4.67. The van der Waals surface area contributed by atoms with Crippen LogP contribution in [0, 0.1) is 17.8 Å². The van der Waals surface area contributed by atoms with Gasteiger partial charge in [-0.05, 0) is 120 Å². The summed E-state index contributed by atoms with van der Waals surface area (Å²) in [6.45, 7) is 18.9. The molecule has 442 valence electrons. The molecular weight excluding hydrogens is 1010 g/mol. The highest BCUT2D eigenvalue weighted by Crippen LogP contribution is 2.41. The molecule has 22 heteroatoms. The first-order valence-electron chi connectivity index (χ1n) is 27.9. The highest BCUT2D eigenvalue weighted by molar-refractivity contribution is 5.73. The standard InChI is InChI=1S/C56H94FN9O12/c1-17-45-56(10,71)50(67)37(6)64(14)29-33(2)26-54(8,70)52(35(4)48(36(5)53(69)76-45)77-47-27-55(9,73-16)51(68)38(7)75-47)78-46-25-43(24-34(3)74-46)63(13)23-22-40-31-66(61-58-40)44(28-57)49(72-15)39-18-20-42(21-19-39)65-32-41(59-60-65)30-62(11)12/h18-21,31-38,43-52,67-68,70-71H,17,22-30H2,1-16H3/t33-,34-,35+,36-,37-,38+,43+,44-,45-,46+,47+,48+,49-,50-,51+,52-,54-,55-,56-/m1/s1. The molecule has 2 aromatic heterocycles. The van der Waals surface area contributed by atoms with Gasteiger partial charge >= 0.3 is 5.97 Å². The third kappa shape index (κ3) is 15.1. The summed E-state index contributed by atoms with van der Waals surface area (Å²) in [4.78, 5) is 20.7. The summed E-state index contributed by atoms with van der Waals surface area (Å²) in [5.74, 6) is -2.58. The van der Waals surface area contributed by atoms with E-state index in [0.29, 0.717) is 44.6 Å². The molecule has 3 aromatic rings. The molecule has 0 unspecified atom stereocenters. The molecule has 0 amide bonds. The molecule has 5 heterocycles. The Hall–Kier alpha value is -3.62. The molecule has 0 aliphatic carbocycles. The average Bonchev–Trinajstić information content (AvgIpc) is 4.09. The summed E-state index contributed by atoms with van der Waals surface area (Å²) in [5.41, 5.74) is -1.30. The Morgan fingerprint density at radius 1 is 0.885 bits per heavy atom. The van der Waals surface area contributed by atoms with Crippen LogP contribution in [0.1, 0.15) is 130 Å². The minimum atomic E-state index is -1.83. The van der Waals surface area contributed by atoms with Crippen molar-refractivity contribution in [3.05, 3.63) is 53.6 Å². The fraction of sp³-hybridized carbons (Fsp3) is 0.804. The van der Waals surface area contributed by atoms with Gasteiger partial charge in [0.25, 0.3) is 0 Å². The molecule has 3 saturated heterocycles. The van der Waals surface area contributed by atoms with Gasteiger partial charge in [-0.15, -0.1) is 10.2 Å². The number of methoxy groups -OCH3 is 2. The van der Waals surface area contributed by atoms with E-state index in [1.165, 1.54) is 18.7 Å². The number of hydrogen-bond donors (Lipinski definition) is 4. The normalized spacial score (nSPS) is 37.0. The largest absolute Gasteiger partial charge is 0.459 e. The third-order valence-corrected chi connectivity index (χ3v) is 16.9. The van der Waals surface area contributed by atoms with Crippen molar-refractivity contribution in [2.75, 3.05) is 62.2 Å². The van der Waals surface area contributed by atoms with Gasteiger partial charge in [-0.1, -0.05) is 43.3 Å². The lowest BCUT2D eigenvalue weighted by Gasteiger charge is -2.48. The van der Waals surface area contributed by atoms with E-state index in [4.69, 9.17) is 33.2 Å². The summed E-state index contributed by atoms with van der Waals surface area (Å²) in [5, 5.41) is 65.0. The summed E-state index contributed by atoms with van der Waals surface area (Å²) in [7, 11) is 10.9. The number of halogens is 1. The maximum Gasteiger partial charge on any atom is 0.311 e. The van der Waals surface area contributed by atoms with Crippen molar-refractivity contribution in [2.24, 2.45) is 17.8 Å². The zero-order chi connectivity index (χ0) is 57.6. The van der Waals surface area contributed by atoms with Gasteiger partial charge < -0.3 is 68.3 Å². The number of carbonyl (C=O) groups is 1. The Morgan fingerprint density at radius 3 is 2.19 bits per heavy atom. The smallest absolute Gasteiger partial charge is 0.311 e. The van der Waals surface area contributed by atoms with E-state index in [-0.39, 0.29) is 37.3 Å². The molecule has 1 aromatic carbocycles. The van der Waals surface area contributed by atoms with Crippen molar-refractivity contribution in [3.63, 3.8) is 0 Å². The fourth-order valence-corrected chi connectivity index (χ4v) is 12.1. The lowest BCUT2D eigenvalue weighted by Crippen LogP contribution is -2.59. The quantitative estimate of drug-likeness (QED) is 0.127. The van der Waals surface area contributed by atoms with Crippen molar-refractivity contribution in [2.45, 2.75) is 211 Å². The molecule has 3 fully saturated rings. The van der Waals surface area contributed by atoms with Crippen LogP contribution < -0.4 is 0 Å². The highest BCUT2D eigenvalue weighted by atomic mass is 19.1. The minimum absolute atomic E-state index is 0.0247. The number of alkyl halides is 1.